The van der Waals surface area contributed by atoms with E-state index in [4.69, 9.17) is 9.84 Å². The lowest BCUT2D eigenvalue weighted by molar-refractivity contribution is -0.124. The Bertz CT molecular complexity index is 441. The summed E-state index contributed by atoms with van der Waals surface area (Å²) in [7, 11) is 0. The second-order valence-electron chi connectivity index (χ2n) is 5.23. The zero-order chi connectivity index (χ0) is 14.5. The Morgan fingerprint density at radius 2 is 2.11 bits per heavy atom. The molecule has 0 saturated heterocycles. The molecule has 106 valence electrons. The van der Waals surface area contributed by atoms with Crippen molar-refractivity contribution in [2.75, 3.05) is 19.8 Å². The molecule has 0 saturated carbocycles. The van der Waals surface area contributed by atoms with Crippen LogP contribution in [0.3, 0.4) is 0 Å². The van der Waals surface area contributed by atoms with Gasteiger partial charge in [0.1, 0.15) is 12.4 Å². The topological polar surface area (TPSA) is 58.6 Å². The predicted octanol–water partition coefficient (Wildman–Crippen LogP) is 1.78. The van der Waals surface area contributed by atoms with Crippen LogP contribution in [0.4, 0.5) is 0 Å². The quantitative estimate of drug-likeness (QED) is 0.824. The number of hydrogen-bond acceptors (Lipinski definition) is 3. The van der Waals surface area contributed by atoms with Crippen LogP contribution >= 0.6 is 0 Å². The largest absolute Gasteiger partial charge is 0.494 e. The molecule has 2 N–H and O–H groups in total. The zero-order valence-electron chi connectivity index (χ0n) is 12.1. The molecule has 1 aromatic carbocycles. The van der Waals surface area contributed by atoms with Crippen LogP contribution in [-0.2, 0) is 10.2 Å². The summed E-state index contributed by atoms with van der Waals surface area (Å²) < 4.78 is 5.52. The van der Waals surface area contributed by atoms with Gasteiger partial charge < -0.3 is 15.2 Å². The summed E-state index contributed by atoms with van der Waals surface area (Å²) in [5, 5.41) is 11.4. The van der Waals surface area contributed by atoms with Crippen LogP contribution in [0, 0.1) is 6.92 Å². The molecule has 4 nitrogen and oxygen atoms in total. The Labute approximate surface area is 114 Å². The van der Waals surface area contributed by atoms with Crippen molar-refractivity contribution >= 4 is 5.91 Å². The molecule has 0 atom stereocenters. The SMILES string of the molecule is CCOc1ccc(C(C)(C)CNC(=O)CO)cc1C. The maximum Gasteiger partial charge on any atom is 0.245 e. The van der Waals surface area contributed by atoms with Crippen LogP contribution in [0.25, 0.3) is 0 Å². The number of nitrogens with one attached hydrogen (secondary N) is 1. The first-order valence-electron chi connectivity index (χ1n) is 6.52. The average molecular weight is 265 g/mol. The number of benzene rings is 1. The Hall–Kier alpha value is -1.55. The molecule has 0 aliphatic rings. The van der Waals surface area contributed by atoms with Crippen molar-refractivity contribution in [2.24, 2.45) is 0 Å². The molecule has 0 spiro atoms. The molecule has 0 radical (unpaired) electrons. The highest BCUT2D eigenvalue weighted by Crippen LogP contribution is 2.27. The molecule has 1 rings (SSSR count). The summed E-state index contributed by atoms with van der Waals surface area (Å²) in [6.45, 7) is 8.74. The number of ether oxygens (including phenoxy) is 1. The number of hydrogen-bond donors (Lipinski definition) is 2. The van der Waals surface area contributed by atoms with Gasteiger partial charge in [0, 0.05) is 12.0 Å². The van der Waals surface area contributed by atoms with Crippen molar-refractivity contribution in [1.82, 2.24) is 5.32 Å². The van der Waals surface area contributed by atoms with Crippen molar-refractivity contribution in [3.05, 3.63) is 29.3 Å². The molecule has 19 heavy (non-hydrogen) atoms. The van der Waals surface area contributed by atoms with E-state index in [2.05, 4.69) is 25.2 Å². The molecule has 0 fully saturated rings. The van der Waals surface area contributed by atoms with Gasteiger partial charge in [-0.3, -0.25) is 4.79 Å². The maximum absolute atomic E-state index is 11.1. The van der Waals surface area contributed by atoms with Crippen LogP contribution in [-0.4, -0.2) is 30.8 Å². The minimum absolute atomic E-state index is 0.194. The van der Waals surface area contributed by atoms with E-state index in [-0.39, 0.29) is 11.3 Å². The van der Waals surface area contributed by atoms with E-state index in [0.29, 0.717) is 13.2 Å². The van der Waals surface area contributed by atoms with Gasteiger partial charge in [-0.25, -0.2) is 0 Å². The highest BCUT2D eigenvalue weighted by molar-refractivity contribution is 5.76. The van der Waals surface area contributed by atoms with Gasteiger partial charge in [0.2, 0.25) is 5.91 Å². The summed E-state index contributed by atoms with van der Waals surface area (Å²) in [5.74, 6) is 0.539. The Morgan fingerprint density at radius 3 is 2.63 bits per heavy atom. The Morgan fingerprint density at radius 1 is 1.42 bits per heavy atom. The lowest BCUT2D eigenvalue weighted by atomic mass is 9.83. The molecule has 0 heterocycles. The van der Waals surface area contributed by atoms with Gasteiger partial charge in [0.25, 0.3) is 0 Å². The van der Waals surface area contributed by atoms with Crippen molar-refractivity contribution in [3.8, 4) is 5.75 Å². The smallest absolute Gasteiger partial charge is 0.245 e. The Balaban J connectivity index is 2.83. The summed E-state index contributed by atoms with van der Waals surface area (Å²) in [6.07, 6.45) is 0. The van der Waals surface area contributed by atoms with Gasteiger partial charge in [-0.05, 0) is 31.0 Å². The second kappa shape index (κ2) is 6.57. The predicted molar refractivity (Wildman–Crippen MR) is 75.5 cm³/mol. The normalized spacial score (nSPS) is 11.2. The van der Waals surface area contributed by atoms with Crippen LogP contribution in [0.1, 0.15) is 31.9 Å². The van der Waals surface area contributed by atoms with Crippen LogP contribution in [0.5, 0.6) is 5.75 Å². The average Bonchev–Trinajstić information content (AvgIpc) is 2.38. The van der Waals surface area contributed by atoms with E-state index in [1.165, 1.54) is 0 Å². The van der Waals surface area contributed by atoms with E-state index in [9.17, 15) is 4.79 Å². The number of aryl methyl sites for hydroxylation is 1. The van der Waals surface area contributed by atoms with Gasteiger partial charge in [-0.1, -0.05) is 26.0 Å². The van der Waals surface area contributed by atoms with Crippen molar-refractivity contribution in [2.45, 2.75) is 33.1 Å². The second-order valence-corrected chi connectivity index (χ2v) is 5.23. The molecular weight excluding hydrogens is 242 g/mol. The highest BCUT2D eigenvalue weighted by Gasteiger charge is 2.22. The number of aliphatic hydroxyl groups excluding tert-OH is 1. The lowest BCUT2D eigenvalue weighted by Gasteiger charge is -2.26. The van der Waals surface area contributed by atoms with Gasteiger partial charge in [0.05, 0.1) is 6.61 Å². The fraction of sp³-hybridized carbons (Fsp3) is 0.533. The molecule has 0 aromatic heterocycles. The molecule has 0 unspecified atom stereocenters. The summed E-state index contributed by atoms with van der Waals surface area (Å²) in [6, 6.07) is 6.06. The lowest BCUT2D eigenvalue weighted by Crippen LogP contribution is -2.38. The molecule has 4 heteroatoms. The first kappa shape index (κ1) is 15.5. The fourth-order valence-corrected chi connectivity index (χ4v) is 1.87. The van der Waals surface area contributed by atoms with Crippen molar-refractivity contribution < 1.29 is 14.6 Å². The number of amides is 1. The molecule has 0 aliphatic carbocycles. The van der Waals surface area contributed by atoms with Crippen molar-refractivity contribution in [1.29, 1.82) is 0 Å². The molecule has 1 amide bonds. The third kappa shape index (κ3) is 4.24. The number of rotatable bonds is 6. The summed E-state index contributed by atoms with van der Waals surface area (Å²) in [4.78, 5) is 11.1. The number of aliphatic hydroxyl groups is 1. The summed E-state index contributed by atoms with van der Waals surface area (Å²) >= 11 is 0. The minimum Gasteiger partial charge on any atom is -0.494 e. The summed E-state index contributed by atoms with van der Waals surface area (Å²) in [5.41, 5.74) is 2.02. The van der Waals surface area contributed by atoms with Crippen molar-refractivity contribution in [3.63, 3.8) is 0 Å². The standard InChI is InChI=1S/C15H23NO3/c1-5-19-13-7-6-12(8-11(13)2)15(3,4)10-16-14(18)9-17/h6-8,17H,5,9-10H2,1-4H3,(H,16,18). The van der Waals surface area contributed by atoms with Gasteiger partial charge in [-0.2, -0.15) is 0 Å². The maximum atomic E-state index is 11.1. The van der Waals surface area contributed by atoms with Gasteiger partial charge >= 0.3 is 0 Å². The van der Waals surface area contributed by atoms with Gasteiger partial charge in [0.15, 0.2) is 0 Å². The first-order chi connectivity index (χ1) is 8.90. The third-order valence-electron chi connectivity index (χ3n) is 3.13. The monoisotopic (exact) mass is 265 g/mol. The Kier molecular flexibility index (Phi) is 5.36. The van der Waals surface area contributed by atoms with Crippen LogP contribution in [0.2, 0.25) is 0 Å². The molecule has 1 aromatic rings. The van der Waals surface area contributed by atoms with E-state index in [0.717, 1.165) is 16.9 Å². The zero-order valence-corrected chi connectivity index (χ0v) is 12.1. The number of carbonyl (C=O) groups is 1. The van der Waals surface area contributed by atoms with Crippen LogP contribution in [0.15, 0.2) is 18.2 Å². The highest BCUT2D eigenvalue weighted by atomic mass is 16.5. The van der Waals surface area contributed by atoms with Gasteiger partial charge in [-0.15, -0.1) is 0 Å². The number of carbonyl (C=O) groups excluding carboxylic acids is 1. The van der Waals surface area contributed by atoms with E-state index in [1.54, 1.807) is 0 Å². The first-order valence-corrected chi connectivity index (χ1v) is 6.52. The molecular formula is C15H23NO3. The molecule has 0 aliphatic heterocycles. The fourth-order valence-electron chi connectivity index (χ4n) is 1.87. The van der Waals surface area contributed by atoms with E-state index >= 15 is 0 Å². The minimum atomic E-state index is -0.474. The van der Waals surface area contributed by atoms with E-state index < -0.39 is 6.61 Å². The molecule has 0 bridgehead atoms. The third-order valence-corrected chi connectivity index (χ3v) is 3.13. The van der Waals surface area contributed by atoms with E-state index in [1.807, 2.05) is 26.0 Å². The van der Waals surface area contributed by atoms with Crippen LogP contribution < -0.4 is 10.1 Å².